The fourth-order valence-electron chi connectivity index (χ4n) is 0.534. The summed E-state index contributed by atoms with van der Waals surface area (Å²) in [6.45, 7) is 11.7. The first kappa shape index (κ1) is 32.2. The van der Waals surface area contributed by atoms with Crippen molar-refractivity contribution in [3.63, 3.8) is 0 Å². The first-order chi connectivity index (χ1) is 10.6. The van der Waals surface area contributed by atoms with Crippen molar-refractivity contribution < 1.29 is 32.8 Å². The molecule has 0 heterocycles. The molecule has 0 aromatic heterocycles. The second-order valence-electron chi connectivity index (χ2n) is 5.45. The molecule has 0 aliphatic heterocycles. The molecule has 0 aliphatic rings. The van der Waals surface area contributed by atoms with Gasteiger partial charge in [-0.05, 0) is 0 Å². The summed E-state index contributed by atoms with van der Waals surface area (Å²) in [6, 6.07) is 6.68. The molecule has 3 N–H and O–H groups in total. The molecule has 0 bridgehead atoms. The molecule has 3 nitrogen and oxygen atoms in total. The van der Waals surface area contributed by atoms with Gasteiger partial charge in [0.25, 0.3) is 0 Å². The van der Waals surface area contributed by atoms with Gasteiger partial charge >= 0.3 is 76.8 Å². The van der Waals surface area contributed by atoms with Gasteiger partial charge in [-0.3, -0.25) is 0 Å². The van der Waals surface area contributed by atoms with Crippen LogP contribution in [0.2, 0.25) is 0 Å². The molecular formula is C17H35F2GeHfN3. The van der Waals surface area contributed by atoms with Crippen LogP contribution < -0.4 is 4.40 Å². The third-order valence-corrected chi connectivity index (χ3v) is 4.64. The van der Waals surface area contributed by atoms with Gasteiger partial charge in [0.2, 0.25) is 0 Å². The summed E-state index contributed by atoms with van der Waals surface area (Å²) in [5, 5.41) is 0. The minimum Gasteiger partial charge on any atom is 4.00 e. The van der Waals surface area contributed by atoms with Crippen molar-refractivity contribution in [1.29, 1.82) is 0 Å². The van der Waals surface area contributed by atoms with Crippen molar-refractivity contribution in [2.75, 3.05) is 0 Å². The van der Waals surface area contributed by atoms with Crippen molar-refractivity contribution in [2.45, 2.75) is 78.9 Å². The van der Waals surface area contributed by atoms with Crippen LogP contribution in [-0.4, -0.2) is 33.4 Å². The summed E-state index contributed by atoms with van der Waals surface area (Å²) in [5.41, 5.74) is 20.5. The van der Waals surface area contributed by atoms with Crippen LogP contribution in [0.5, 0.6) is 0 Å². The Morgan fingerprint density at radius 2 is 1.00 bits per heavy atom. The summed E-state index contributed by atoms with van der Waals surface area (Å²) in [5.74, 6) is 0. The van der Waals surface area contributed by atoms with E-state index in [4.69, 9.17) is 17.2 Å². The number of rotatable bonds is 4. The zero-order chi connectivity index (χ0) is 18.8. The molecule has 0 aliphatic carbocycles. The van der Waals surface area contributed by atoms with Gasteiger partial charge in [-0.15, -0.1) is 18.1 Å². The minimum absolute atomic E-state index is 0. The molecule has 0 amide bonds. The van der Waals surface area contributed by atoms with Crippen molar-refractivity contribution in [2.24, 2.45) is 0 Å². The van der Waals surface area contributed by atoms with Crippen LogP contribution in [0, 0.1) is 0 Å². The zero-order valence-corrected chi connectivity index (χ0v) is 22.0. The Hall–Kier alpha value is 0.503. The largest absolute Gasteiger partial charge is 4.00 e. The Morgan fingerprint density at radius 3 is 1.08 bits per heavy atom. The maximum absolute atomic E-state index is 11.8. The second-order valence-corrected chi connectivity index (χ2v) is 8.11. The molecular weight excluding hydrogens is 535 g/mol. The maximum atomic E-state index is 11.8. The molecule has 0 saturated heterocycles. The molecule has 7 heteroatoms. The normalized spacial score (nSPS) is 12.8. The van der Waals surface area contributed by atoms with E-state index < -0.39 is 15.3 Å². The number of nitrogens with one attached hydrogen (secondary N) is 3. The van der Waals surface area contributed by atoms with E-state index >= 15 is 0 Å². The monoisotopic (exact) mass is 573 g/mol. The van der Waals surface area contributed by atoms with Gasteiger partial charge in [-0.2, -0.15) is 0 Å². The maximum Gasteiger partial charge on any atom is 4.00 e. The average Bonchev–Trinajstić information content (AvgIpc) is 3.03. The van der Waals surface area contributed by atoms with E-state index in [1.165, 1.54) is 12.1 Å². The van der Waals surface area contributed by atoms with E-state index in [0.29, 0.717) is 0 Å². The Balaban J connectivity index is -0.000000113. The molecule has 140 valence electrons. The molecule has 1 aromatic carbocycles. The number of halogens is 2. The molecule has 0 saturated carbocycles. The summed E-state index contributed by atoms with van der Waals surface area (Å²) in [6.07, 6.45) is 2.92. The molecule has 24 heavy (non-hydrogen) atoms. The van der Waals surface area contributed by atoms with Crippen LogP contribution in [0.4, 0.5) is 7.00 Å². The standard InChI is InChI=1S/C5H5F2Ge.3C4H10N.Hf/c6-8(7)5-3-1-2-4-5;3*1-3-4(2)5;/h1-4,8H;3*4-5H,3H2,1-2H3;/q4*-1;+4. The van der Waals surface area contributed by atoms with Gasteiger partial charge in [-0.1, -0.05) is 60.8 Å². The van der Waals surface area contributed by atoms with Gasteiger partial charge < -0.3 is 17.2 Å². The average molecular weight is 571 g/mol. The molecule has 0 radical (unpaired) electrons. The van der Waals surface area contributed by atoms with Crippen molar-refractivity contribution in [3.05, 3.63) is 41.5 Å². The number of hydrogen-bond acceptors (Lipinski definition) is 0. The van der Waals surface area contributed by atoms with Gasteiger partial charge in [0.1, 0.15) is 0 Å². The van der Waals surface area contributed by atoms with Crippen molar-refractivity contribution in [3.8, 4) is 0 Å². The quantitative estimate of drug-likeness (QED) is 0.302. The molecule has 1 aromatic rings. The summed E-state index contributed by atoms with van der Waals surface area (Å²) >= 11 is -3.89. The van der Waals surface area contributed by atoms with Crippen LogP contribution in [0.3, 0.4) is 0 Å². The first-order valence-corrected chi connectivity index (χ1v) is 11.3. The Morgan fingerprint density at radius 1 is 0.792 bits per heavy atom. The fourth-order valence-corrected chi connectivity index (χ4v) is 1.61. The van der Waals surface area contributed by atoms with E-state index in [9.17, 15) is 7.00 Å². The van der Waals surface area contributed by atoms with E-state index in [0.717, 1.165) is 19.3 Å². The third kappa shape index (κ3) is 34.0. The molecule has 1 rings (SSSR count). The third-order valence-electron chi connectivity index (χ3n) is 2.78. The van der Waals surface area contributed by atoms with E-state index in [2.05, 4.69) is 0 Å². The van der Waals surface area contributed by atoms with Gasteiger partial charge in [-0.25, -0.2) is 0 Å². The van der Waals surface area contributed by atoms with Gasteiger partial charge in [0.05, 0.1) is 0 Å². The van der Waals surface area contributed by atoms with E-state index in [1.54, 1.807) is 12.1 Å². The van der Waals surface area contributed by atoms with Crippen LogP contribution >= 0.6 is 0 Å². The summed E-state index contributed by atoms with van der Waals surface area (Å²) < 4.78 is 23.9. The molecule has 0 spiro atoms. The van der Waals surface area contributed by atoms with Crippen LogP contribution in [0.1, 0.15) is 60.8 Å². The SMILES string of the molecule is CCC(C)[NH-].CCC(C)[NH-].CCC(C)[NH-].[F][GeH]([F])[c-]1cccc1.[Hf+4]. The smallest absolute Gasteiger partial charge is 4.00 e. The van der Waals surface area contributed by atoms with Crippen molar-refractivity contribution >= 4 is 19.7 Å². The van der Waals surface area contributed by atoms with Gasteiger partial charge in [0, 0.05) is 0 Å². The van der Waals surface area contributed by atoms with Crippen LogP contribution in [-0.2, 0) is 25.8 Å². The second kappa shape index (κ2) is 23.5. The number of hydrogen-bond donors (Lipinski definition) is 0. The first-order valence-electron chi connectivity index (χ1n) is 8.25. The molecule has 0 fully saturated rings. The van der Waals surface area contributed by atoms with Crippen molar-refractivity contribution in [1.82, 2.24) is 0 Å². The van der Waals surface area contributed by atoms with Crippen LogP contribution in [0.25, 0.3) is 17.2 Å². The minimum atomic E-state index is -3.89. The van der Waals surface area contributed by atoms with E-state index in [1.807, 2.05) is 41.5 Å². The molecule has 3 atom stereocenters. The zero-order valence-electron chi connectivity index (χ0n) is 16.0. The van der Waals surface area contributed by atoms with E-state index in [-0.39, 0.29) is 48.4 Å². The Kier molecular flexibility index (Phi) is 31.5. The van der Waals surface area contributed by atoms with Gasteiger partial charge in [0.15, 0.2) is 0 Å². The Labute approximate surface area is 172 Å². The topological polar surface area (TPSA) is 71.4 Å². The Bertz CT molecular complexity index is 290. The summed E-state index contributed by atoms with van der Waals surface area (Å²) in [7, 11) is 0. The van der Waals surface area contributed by atoms with Crippen LogP contribution in [0.15, 0.2) is 24.3 Å². The summed E-state index contributed by atoms with van der Waals surface area (Å²) in [4.78, 5) is 0. The predicted octanol–water partition coefficient (Wildman–Crippen LogP) is 6.28. The predicted molar refractivity (Wildman–Crippen MR) is 103 cm³/mol. The molecule has 3 unspecified atom stereocenters. The fraction of sp³-hybridized carbons (Fsp3) is 0.706.